The van der Waals surface area contributed by atoms with Crippen LogP contribution in [0.2, 0.25) is 0 Å². The molecule has 1 saturated carbocycles. The van der Waals surface area contributed by atoms with Crippen LogP contribution in [-0.4, -0.2) is 39.5 Å². The Morgan fingerprint density at radius 3 is 2.68 bits per heavy atom. The van der Waals surface area contributed by atoms with Crippen molar-refractivity contribution in [1.29, 1.82) is 0 Å². The number of halogens is 1. The van der Waals surface area contributed by atoms with E-state index in [0.29, 0.717) is 35.3 Å². The fourth-order valence-electron chi connectivity index (χ4n) is 3.57. The predicted molar refractivity (Wildman–Crippen MR) is 90.0 cm³/mol. The van der Waals surface area contributed by atoms with Gasteiger partial charge in [0, 0.05) is 23.5 Å². The van der Waals surface area contributed by atoms with Crippen molar-refractivity contribution in [3.05, 3.63) is 41.3 Å². The number of pyridine rings is 1. The summed E-state index contributed by atoms with van der Waals surface area (Å²) in [5.74, 6) is -1.42. The summed E-state index contributed by atoms with van der Waals surface area (Å²) in [6.45, 7) is 0.410. The van der Waals surface area contributed by atoms with Crippen molar-refractivity contribution in [2.45, 2.75) is 44.1 Å². The molecule has 6 heteroatoms. The Kier molecular flexibility index (Phi) is 3.90. The minimum Gasteiger partial charge on any atom is -0.480 e. The molecule has 1 aromatic carbocycles. The van der Waals surface area contributed by atoms with E-state index >= 15 is 0 Å². The number of amides is 1. The zero-order chi connectivity index (χ0) is 17.6. The van der Waals surface area contributed by atoms with Crippen molar-refractivity contribution < 1.29 is 19.1 Å². The Balaban J connectivity index is 1.82. The van der Waals surface area contributed by atoms with Crippen molar-refractivity contribution in [3.63, 3.8) is 0 Å². The topological polar surface area (TPSA) is 70.5 Å². The molecule has 1 atom stereocenters. The molecule has 1 amide bonds. The number of aliphatic carboxylic acids is 1. The summed E-state index contributed by atoms with van der Waals surface area (Å²) in [7, 11) is 0. The molecule has 1 aliphatic carbocycles. The summed E-state index contributed by atoms with van der Waals surface area (Å²) in [5.41, 5.74) is 1.78. The van der Waals surface area contributed by atoms with Gasteiger partial charge in [0.2, 0.25) is 0 Å². The highest BCUT2D eigenvalue weighted by molar-refractivity contribution is 6.07. The summed E-state index contributed by atoms with van der Waals surface area (Å²) in [6.07, 6.45) is 4.10. The lowest BCUT2D eigenvalue weighted by Crippen LogP contribution is -2.48. The van der Waals surface area contributed by atoms with Crippen LogP contribution < -0.4 is 0 Å². The average Bonchev–Trinajstić information content (AvgIpc) is 3.45. The van der Waals surface area contributed by atoms with Crippen molar-refractivity contribution in [2.75, 3.05) is 6.54 Å². The predicted octanol–water partition coefficient (Wildman–Crippen LogP) is 3.33. The molecule has 1 N–H and O–H groups in total. The van der Waals surface area contributed by atoms with Crippen LogP contribution in [-0.2, 0) is 4.79 Å². The van der Waals surface area contributed by atoms with Crippen LogP contribution in [0.3, 0.4) is 0 Å². The normalized spacial score (nSPS) is 20.7. The van der Waals surface area contributed by atoms with E-state index in [1.54, 1.807) is 12.1 Å². The van der Waals surface area contributed by atoms with E-state index in [1.807, 2.05) is 0 Å². The lowest BCUT2D eigenvalue weighted by Gasteiger charge is -2.33. The first-order valence-corrected chi connectivity index (χ1v) is 8.68. The number of fused-ring (bicyclic) bond motifs is 1. The molecule has 2 heterocycles. The van der Waals surface area contributed by atoms with Crippen molar-refractivity contribution in [3.8, 4) is 0 Å². The van der Waals surface area contributed by atoms with Gasteiger partial charge >= 0.3 is 5.97 Å². The van der Waals surface area contributed by atoms with Gasteiger partial charge < -0.3 is 10.0 Å². The first kappa shape index (κ1) is 16.0. The Hall–Kier alpha value is -2.50. The van der Waals surface area contributed by atoms with Crippen LogP contribution in [0.15, 0.2) is 24.3 Å². The molecule has 5 nitrogen and oxygen atoms in total. The van der Waals surface area contributed by atoms with Crippen LogP contribution in [0.5, 0.6) is 0 Å². The molecule has 0 spiro atoms. The maximum absolute atomic E-state index is 13.8. The number of carboxylic acids is 1. The number of carbonyl (C=O) groups excluding carboxylic acids is 1. The molecule has 1 unspecified atom stereocenters. The van der Waals surface area contributed by atoms with Gasteiger partial charge in [0.1, 0.15) is 11.9 Å². The summed E-state index contributed by atoms with van der Waals surface area (Å²) in [4.78, 5) is 30.7. The first-order chi connectivity index (χ1) is 12.0. The summed E-state index contributed by atoms with van der Waals surface area (Å²) in [6, 6.07) is 5.14. The Morgan fingerprint density at radius 2 is 1.96 bits per heavy atom. The lowest BCUT2D eigenvalue weighted by atomic mass is 9.99. The van der Waals surface area contributed by atoms with Gasteiger partial charge in [-0.1, -0.05) is 0 Å². The molecular formula is C19H19FN2O3. The molecular weight excluding hydrogens is 323 g/mol. The number of rotatable bonds is 3. The van der Waals surface area contributed by atoms with Crippen molar-refractivity contribution in [2.24, 2.45) is 0 Å². The summed E-state index contributed by atoms with van der Waals surface area (Å²) >= 11 is 0. The molecule has 130 valence electrons. The highest BCUT2D eigenvalue weighted by atomic mass is 19.1. The number of nitrogens with zero attached hydrogens (tertiary/aromatic N) is 2. The van der Waals surface area contributed by atoms with Gasteiger partial charge in [-0.25, -0.2) is 9.18 Å². The highest BCUT2D eigenvalue weighted by Gasteiger charge is 2.34. The monoisotopic (exact) mass is 342 g/mol. The smallest absolute Gasteiger partial charge is 0.326 e. The molecule has 2 fully saturated rings. The fourth-order valence-corrected chi connectivity index (χ4v) is 3.57. The number of hydrogen-bond donors (Lipinski definition) is 1. The van der Waals surface area contributed by atoms with E-state index < -0.39 is 17.8 Å². The quantitative estimate of drug-likeness (QED) is 0.929. The standard InChI is InChI=1S/C19H19FN2O3/c20-12-6-7-15-13(9-12)14(10-16(21-15)11-4-5-11)18(23)22-8-2-1-3-17(22)19(24)25/h6-7,9-11,17H,1-5,8H2,(H,24,25). The third-order valence-electron chi connectivity index (χ3n) is 5.07. The lowest BCUT2D eigenvalue weighted by molar-refractivity contribution is -0.143. The molecule has 2 aromatic rings. The first-order valence-electron chi connectivity index (χ1n) is 8.68. The van der Waals surface area contributed by atoms with Crippen LogP contribution in [0.1, 0.15) is 54.1 Å². The molecule has 1 saturated heterocycles. The van der Waals surface area contributed by atoms with Crippen LogP contribution >= 0.6 is 0 Å². The highest BCUT2D eigenvalue weighted by Crippen LogP contribution is 2.40. The van der Waals surface area contributed by atoms with E-state index in [4.69, 9.17) is 0 Å². The second-order valence-electron chi connectivity index (χ2n) is 6.88. The van der Waals surface area contributed by atoms with E-state index in [9.17, 15) is 19.1 Å². The molecule has 4 rings (SSSR count). The van der Waals surface area contributed by atoms with Crippen LogP contribution in [0.25, 0.3) is 10.9 Å². The molecule has 0 radical (unpaired) electrons. The van der Waals surface area contributed by atoms with Gasteiger partial charge in [-0.2, -0.15) is 0 Å². The van der Waals surface area contributed by atoms with E-state index in [1.165, 1.54) is 17.0 Å². The molecule has 2 aliphatic rings. The molecule has 1 aromatic heterocycles. The SMILES string of the molecule is O=C(O)C1CCCCN1C(=O)c1cc(C2CC2)nc2ccc(F)cc12. The largest absolute Gasteiger partial charge is 0.480 e. The van der Waals surface area contributed by atoms with Gasteiger partial charge in [0.05, 0.1) is 11.1 Å². The third-order valence-corrected chi connectivity index (χ3v) is 5.07. The van der Waals surface area contributed by atoms with E-state index in [-0.39, 0.29) is 5.91 Å². The Morgan fingerprint density at radius 1 is 1.16 bits per heavy atom. The number of likely N-dealkylation sites (tertiary alicyclic amines) is 1. The van der Waals surface area contributed by atoms with Gasteiger partial charge in [0.25, 0.3) is 5.91 Å². The maximum Gasteiger partial charge on any atom is 0.326 e. The second-order valence-corrected chi connectivity index (χ2v) is 6.88. The third kappa shape index (κ3) is 2.97. The Bertz CT molecular complexity index is 863. The van der Waals surface area contributed by atoms with Gasteiger partial charge in [-0.05, 0) is 56.4 Å². The van der Waals surface area contributed by atoms with Crippen molar-refractivity contribution >= 4 is 22.8 Å². The zero-order valence-corrected chi connectivity index (χ0v) is 13.7. The van der Waals surface area contributed by atoms with E-state index in [2.05, 4.69) is 4.98 Å². The summed E-state index contributed by atoms with van der Waals surface area (Å²) < 4.78 is 13.8. The van der Waals surface area contributed by atoms with E-state index in [0.717, 1.165) is 31.4 Å². The molecule has 25 heavy (non-hydrogen) atoms. The summed E-state index contributed by atoms with van der Waals surface area (Å²) in [5, 5.41) is 9.90. The van der Waals surface area contributed by atoms with Gasteiger partial charge in [0.15, 0.2) is 0 Å². The van der Waals surface area contributed by atoms with Gasteiger partial charge in [-0.3, -0.25) is 9.78 Å². The number of hydrogen-bond acceptors (Lipinski definition) is 3. The number of benzene rings is 1. The van der Waals surface area contributed by atoms with Crippen molar-refractivity contribution in [1.82, 2.24) is 9.88 Å². The van der Waals surface area contributed by atoms with Crippen LogP contribution in [0.4, 0.5) is 4.39 Å². The average molecular weight is 342 g/mol. The number of carbonyl (C=O) groups is 2. The maximum atomic E-state index is 13.8. The second kappa shape index (κ2) is 6.10. The zero-order valence-electron chi connectivity index (χ0n) is 13.7. The molecule has 1 aliphatic heterocycles. The Labute approximate surface area is 144 Å². The minimum atomic E-state index is -0.986. The number of carboxylic acid groups (broad SMARTS) is 1. The number of aromatic nitrogens is 1. The van der Waals surface area contributed by atoms with Crippen LogP contribution in [0, 0.1) is 5.82 Å². The fraction of sp³-hybridized carbons (Fsp3) is 0.421. The number of piperidine rings is 1. The minimum absolute atomic E-state index is 0.341. The van der Waals surface area contributed by atoms with Gasteiger partial charge in [-0.15, -0.1) is 0 Å². The molecule has 0 bridgehead atoms.